The lowest BCUT2D eigenvalue weighted by Crippen LogP contribution is -2.38. The molecule has 1 unspecified atom stereocenters. The smallest absolute Gasteiger partial charge is 0.226 e. The number of rotatable bonds is 6. The van der Waals surface area contributed by atoms with E-state index in [0.29, 0.717) is 13.1 Å². The Morgan fingerprint density at radius 1 is 1.30 bits per heavy atom. The molecule has 1 aromatic carbocycles. The van der Waals surface area contributed by atoms with E-state index in [1.54, 1.807) is 0 Å². The molecule has 1 heterocycles. The van der Waals surface area contributed by atoms with Gasteiger partial charge in [0, 0.05) is 51.1 Å². The van der Waals surface area contributed by atoms with Gasteiger partial charge in [-0.15, -0.1) is 0 Å². The van der Waals surface area contributed by atoms with Crippen LogP contribution in [-0.4, -0.2) is 44.2 Å². The van der Waals surface area contributed by atoms with Crippen molar-refractivity contribution in [3.05, 3.63) is 23.8 Å². The number of ether oxygens (including phenoxy) is 1. The zero-order chi connectivity index (χ0) is 16.4. The van der Waals surface area contributed by atoms with Crippen LogP contribution in [0.15, 0.2) is 18.2 Å². The number of nitrogens with two attached hydrogens (primary N) is 1. The summed E-state index contributed by atoms with van der Waals surface area (Å²) in [6, 6.07) is 5.92. The molecule has 1 aromatic rings. The van der Waals surface area contributed by atoms with E-state index in [0.717, 1.165) is 49.2 Å². The quantitative estimate of drug-likeness (QED) is 0.818. The van der Waals surface area contributed by atoms with E-state index in [1.807, 2.05) is 37.2 Å². The number of nitrogen functional groups attached to an aromatic ring is 1. The SMILES string of the molecule is CN(C)c1ccc(N)cc1CN(CC1CCCO1)C(=O)C1CC1. The van der Waals surface area contributed by atoms with Gasteiger partial charge >= 0.3 is 0 Å². The van der Waals surface area contributed by atoms with Crippen molar-refractivity contribution in [1.29, 1.82) is 0 Å². The number of hydrogen-bond donors (Lipinski definition) is 1. The molecule has 1 saturated heterocycles. The van der Waals surface area contributed by atoms with Gasteiger partial charge in [0.1, 0.15) is 0 Å². The van der Waals surface area contributed by atoms with Crippen molar-refractivity contribution in [1.82, 2.24) is 4.90 Å². The molecule has 2 N–H and O–H groups in total. The third-order valence-electron chi connectivity index (χ3n) is 4.63. The first kappa shape index (κ1) is 16.1. The van der Waals surface area contributed by atoms with Crippen molar-refractivity contribution in [2.24, 2.45) is 5.92 Å². The Labute approximate surface area is 138 Å². The highest BCUT2D eigenvalue weighted by molar-refractivity contribution is 5.81. The van der Waals surface area contributed by atoms with Gasteiger partial charge in [-0.3, -0.25) is 4.79 Å². The average molecular weight is 317 g/mol. The van der Waals surface area contributed by atoms with Crippen LogP contribution in [0.4, 0.5) is 11.4 Å². The molecule has 1 saturated carbocycles. The maximum absolute atomic E-state index is 12.7. The fraction of sp³-hybridized carbons (Fsp3) is 0.611. The fourth-order valence-electron chi connectivity index (χ4n) is 3.23. The number of hydrogen-bond acceptors (Lipinski definition) is 4. The normalized spacial score (nSPS) is 20.5. The first-order valence-electron chi connectivity index (χ1n) is 8.50. The summed E-state index contributed by atoms with van der Waals surface area (Å²) in [5.74, 6) is 0.493. The lowest BCUT2D eigenvalue weighted by Gasteiger charge is -2.28. The van der Waals surface area contributed by atoms with Crippen molar-refractivity contribution >= 4 is 17.3 Å². The van der Waals surface area contributed by atoms with Crippen LogP contribution in [0, 0.1) is 5.92 Å². The van der Waals surface area contributed by atoms with Gasteiger partial charge in [-0.1, -0.05) is 0 Å². The third kappa shape index (κ3) is 3.96. The van der Waals surface area contributed by atoms with Crippen LogP contribution in [0.1, 0.15) is 31.2 Å². The Bertz CT molecular complexity index is 563. The minimum atomic E-state index is 0.182. The van der Waals surface area contributed by atoms with Crippen molar-refractivity contribution in [2.45, 2.75) is 38.3 Å². The highest BCUT2D eigenvalue weighted by Crippen LogP contribution is 2.33. The molecule has 1 atom stereocenters. The number of anilines is 2. The van der Waals surface area contributed by atoms with E-state index < -0.39 is 0 Å². The Morgan fingerprint density at radius 3 is 2.70 bits per heavy atom. The van der Waals surface area contributed by atoms with Gasteiger partial charge in [-0.2, -0.15) is 0 Å². The summed E-state index contributed by atoms with van der Waals surface area (Å²) in [5, 5.41) is 0. The van der Waals surface area contributed by atoms with Crippen LogP contribution < -0.4 is 10.6 Å². The van der Waals surface area contributed by atoms with Gasteiger partial charge in [-0.25, -0.2) is 0 Å². The van der Waals surface area contributed by atoms with E-state index in [9.17, 15) is 4.79 Å². The Balaban J connectivity index is 1.79. The molecule has 5 heteroatoms. The molecule has 0 aromatic heterocycles. The topological polar surface area (TPSA) is 58.8 Å². The molecule has 2 aliphatic rings. The van der Waals surface area contributed by atoms with Crippen LogP contribution in [0.3, 0.4) is 0 Å². The van der Waals surface area contributed by atoms with E-state index in [-0.39, 0.29) is 17.9 Å². The predicted molar refractivity (Wildman–Crippen MR) is 92.3 cm³/mol. The van der Waals surface area contributed by atoms with Crippen molar-refractivity contribution in [3.63, 3.8) is 0 Å². The molecule has 1 aliphatic heterocycles. The van der Waals surface area contributed by atoms with Crippen LogP contribution in [0.2, 0.25) is 0 Å². The number of carbonyl (C=O) groups excluding carboxylic acids is 1. The van der Waals surface area contributed by atoms with Crippen LogP contribution in [0.25, 0.3) is 0 Å². The number of nitrogens with zero attached hydrogens (tertiary/aromatic N) is 2. The third-order valence-corrected chi connectivity index (χ3v) is 4.63. The maximum Gasteiger partial charge on any atom is 0.226 e. The molecule has 0 spiro atoms. The monoisotopic (exact) mass is 317 g/mol. The van der Waals surface area contributed by atoms with Gasteiger partial charge in [0.15, 0.2) is 0 Å². The fourth-order valence-corrected chi connectivity index (χ4v) is 3.23. The van der Waals surface area contributed by atoms with Gasteiger partial charge in [0.25, 0.3) is 0 Å². The summed E-state index contributed by atoms with van der Waals surface area (Å²) in [7, 11) is 4.03. The van der Waals surface area contributed by atoms with E-state index in [4.69, 9.17) is 10.5 Å². The number of amides is 1. The zero-order valence-corrected chi connectivity index (χ0v) is 14.1. The molecule has 126 valence electrons. The van der Waals surface area contributed by atoms with Crippen LogP contribution >= 0.6 is 0 Å². The molecule has 0 bridgehead atoms. The summed E-state index contributed by atoms with van der Waals surface area (Å²) in [6.07, 6.45) is 4.38. The van der Waals surface area contributed by atoms with Crippen molar-refractivity contribution in [2.75, 3.05) is 37.9 Å². The highest BCUT2D eigenvalue weighted by Gasteiger charge is 2.35. The van der Waals surface area contributed by atoms with E-state index in [2.05, 4.69) is 4.90 Å². The Morgan fingerprint density at radius 2 is 2.09 bits per heavy atom. The standard InChI is InChI=1S/C18H27N3O2/c1-20(2)17-8-7-15(19)10-14(17)11-21(18(22)13-5-6-13)12-16-4-3-9-23-16/h7-8,10,13,16H,3-6,9,11-12,19H2,1-2H3. The lowest BCUT2D eigenvalue weighted by molar-refractivity contribution is -0.134. The summed E-state index contributed by atoms with van der Waals surface area (Å²) in [5.41, 5.74) is 8.92. The summed E-state index contributed by atoms with van der Waals surface area (Å²) in [6.45, 7) is 2.11. The van der Waals surface area contributed by atoms with Crippen LogP contribution in [-0.2, 0) is 16.1 Å². The minimum absolute atomic E-state index is 0.182. The molecule has 1 aliphatic carbocycles. The maximum atomic E-state index is 12.7. The van der Waals surface area contributed by atoms with E-state index in [1.165, 1.54) is 0 Å². The highest BCUT2D eigenvalue weighted by atomic mass is 16.5. The molecule has 1 amide bonds. The van der Waals surface area contributed by atoms with Gasteiger partial charge < -0.3 is 20.3 Å². The number of benzene rings is 1. The summed E-state index contributed by atoms with van der Waals surface area (Å²) in [4.78, 5) is 16.7. The van der Waals surface area contributed by atoms with Gasteiger partial charge in [0.05, 0.1) is 6.10 Å². The second kappa shape index (κ2) is 6.79. The van der Waals surface area contributed by atoms with Crippen molar-refractivity contribution < 1.29 is 9.53 Å². The molecule has 5 nitrogen and oxygen atoms in total. The molecule has 2 fully saturated rings. The minimum Gasteiger partial charge on any atom is -0.399 e. The largest absolute Gasteiger partial charge is 0.399 e. The molecular weight excluding hydrogens is 290 g/mol. The lowest BCUT2D eigenvalue weighted by atomic mass is 10.1. The Kier molecular flexibility index (Phi) is 4.76. The second-order valence-corrected chi connectivity index (χ2v) is 6.91. The van der Waals surface area contributed by atoms with Gasteiger partial charge in [-0.05, 0) is 49.4 Å². The van der Waals surface area contributed by atoms with E-state index >= 15 is 0 Å². The molecule has 3 rings (SSSR count). The second-order valence-electron chi connectivity index (χ2n) is 6.91. The van der Waals surface area contributed by atoms with Crippen molar-refractivity contribution in [3.8, 4) is 0 Å². The first-order valence-corrected chi connectivity index (χ1v) is 8.50. The summed E-state index contributed by atoms with van der Waals surface area (Å²) < 4.78 is 5.74. The summed E-state index contributed by atoms with van der Waals surface area (Å²) >= 11 is 0. The number of carbonyl (C=O) groups is 1. The average Bonchev–Trinajstić information content (AvgIpc) is 3.23. The zero-order valence-electron chi connectivity index (χ0n) is 14.1. The molecule has 0 radical (unpaired) electrons. The molecule has 23 heavy (non-hydrogen) atoms. The predicted octanol–water partition coefficient (Wildman–Crippen LogP) is 2.25. The first-order chi connectivity index (χ1) is 11.0. The van der Waals surface area contributed by atoms with Crippen LogP contribution in [0.5, 0.6) is 0 Å². The Hall–Kier alpha value is -1.75. The van der Waals surface area contributed by atoms with Gasteiger partial charge in [0.2, 0.25) is 5.91 Å². The molecular formula is C18H27N3O2.